The van der Waals surface area contributed by atoms with Gasteiger partial charge in [-0.3, -0.25) is 0 Å². The lowest BCUT2D eigenvalue weighted by atomic mass is 10.2. The molecule has 6 heteroatoms. The Hall–Kier alpha value is -0.950. The van der Waals surface area contributed by atoms with Gasteiger partial charge < -0.3 is 5.32 Å². The number of rotatable bonds is 7. The molecule has 1 aromatic heterocycles. The van der Waals surface area contributed by atoms with E-state index >= 15 is 0 Å². The van der Waals surface area contributed by atoms with Crippen LogP contribution in [0.3, 0.4) is 0 Å². The van der Waals surface area contributed by atoms with Gasteiger partial charge in [-0.15, -0.1) is 11.3 Å². The summed E-state index contributed by atoms with van der Waals surface area (Å²) in [5.41, 5.74) is 0. The third-order valence-corrected chi connectivity index (χ3v) is 6.08. The minimum absolute atomic E-state index is 0.120. The predicted octanol–water partition coefficient (Wildman–Crippen LogP) is 3.09. The number of nitrogens with one attached hydrogen (secondary N) is 2. The summed E-state index contributed by atoms with van der Waals surface area (Å²) in [6.07, 6.45) is 1.03. The molecule has 1 aromatic carbocycles. The minimum Gasteiger partial charge on any atom is -0.312 e. The summed E-state index contributed by atoms with van der Waals surface area (Å²) in [4.78, 5) is 1.30. The third-order valence-electron chi connectivity index (χ3n) is 2.99. The number of fused-ring (bicyclic) bond motifs is 1. The quantitative estimate of drug-likeness (QED) is 0.769. The van der Waals surface area contributed by atoms with Crippen LogP contribution in [0, 0.1) is 0 Å². The summed E-state index contributed by atoms with van der Waals surface area (Å²) in [7, 11) is -3.49. The number of sulfonamides is 1. The molecular weight excluding hydrogens is 304 g/mol. The second-order valence-corrected chi connectivity index (χ2v) is 8.09. The molecule has 2 rings (SSSR count). The van der Waals surface area contributed by atoms with Crippen LogP contribution in [0.1, 0.15) is 32.1 Å². The highest BCUT2D eigenvalue weighted by atomic mass is 32.2. The van der Waals surface area contributed by atoms with Crippen LogP contribution >= 0.6 is 11.3 Å². The topological polar surface area (TPSA) is 58.2 Å². The van der Waals surface area contributed by atoms with Crippen molar-refractivity contribution in [2.75, 3.05) is 6.54 Å². The maximum Gasteiger partial charge on any atom is 0.242 e. The molecule has 0 amide bonds. The summed E-state index contributed by atoms with van der Waals surface area (Å²) in [6.45, 7) is 7.23. The van der Waals surface area contributed by atoms with E-state index in [-0.39, 0.29) is 6.04 Å². The Labute approximate surface area is 130 Å². The van der Waals surface area contributed by atoms with Crippen molar-refractivity contribution in [1.29, 1.82) is 0 Å². The Bertz CT molecular complexity index is 706. The van der Waals surface area contributed by atoms with Crippen molar-refractivity contribution in [2.24, 2.45) is 0 Å². The lowest BCUT2D eigenvalue weighted by Gasteiger charge is -2.11. The zero-order chi connectivity index (χ0) is 15.5. The molecule has 21 heavy (non-hydrogen) atoms. The smallest absolute Gasteiger partial charge is 0.242 e. The van der Waals surface area contributed by atoms with Gasteiger partial charge >= 0.3 is 0 Å². The van der Waals surface area contributed by atoms with E-state index in [9.17, 15) is 8.42 Å². The Morgan fingerprint density at radius 2 is 1.95 bits per heavy atom. The molecule has 0 spiro atoms. The average Bonchev–Trinajstić information content (AvgIpc) is 2.76. The maximum atomic E-state index is 12.6. The van der Waals surface area contributed by atoms with E-state index in [0.29, 0.717) is 11.4 Å². The Morgan fingerprint density at radius 3 is 2.62 bits per heavy atom. The summed E-state index contributed by atoms with van der Waals surface area (Å²) < 4.78 is 29.0. The molecule has 0 saturated heterocycles. The first kappa shape index (κ1) is 16.4. The molecular formula is C15H22N2O2S2. The number of benzene rings is 1. The molecule has 0 bridgehead atoms. The molecule has 1 heterocycles. The van der Waals surface area contributed by atoms with E-state index < -0.39 is 10.0 Å². The fourth-order valence-electron chi connectivity index (χ4n) is 2.23. The summed E-state index contributed by atoms with van der Waals surface area (Å²) >= 11 is 1.55. The van der Waals surface area contributed by atoms with Gasteiger partial charge in [-0.25, -0.2) is 13.1 Å². The largest absolute Gasteiger partial charge is 0.312 e. The van der Waals surface area contributed by atoms with Gasteiger partial charge in [-0.1, -0.05) is 25.1 Å². The highest BCUT2D eigenvalue weighted by Gasteiger charge is 2.24. The van der Waals surface area contributed by atoms with Crippen molar-refractivity contribution >= 4 is 31.4 Å². The zero-order valence-electron chi connectivity index (χ0n) is 12.6. The number of hydrogen-bond donors (Lipinski definition) is 2. The SMILES string of the molecule is CCCNCc1sc2ccccc2c1S(=O)(=O)NC(C)C. The Balaban J connectivity index is 2.50. The fourth-order valence-corrected chi connectivity index (χ4v) is 5.40. The lowest BCUT2D eigenvalue weighted by molar-refractivity contribution is 0.569. The molecule has 0 aliphatic heterocycles. The number of thiophene rings is 1. The zero-order valence-corrected chi connectivity index (χ0v) is 14.3. The summed E-state index contributed by atoms with van der Waals surface area (Å²) in [5.74, 6) is 0. The molecule has 0 radical (unpaired) electrons. The van der Waals surface area contributed by atoms with E-state index in [4.69, 9.17) is 0 Å². The van der Waals surface area contributed by atoms with Gasteiger partial charge in [-0.05, 0) is 32.9 Å². The standard InChI is InChI=1S/C15H22N2O2S2/c1-4-9-16-10-14-15(21(18,19)17-11(2)3)12-7-5-6-8-13(12)20-14/h5-8,11,16-17H,4,9-10H2,1-3H3. The van der Waals surface area contributed by atoms with Crippen LogP contribution in [0.4, 0.5) is 0 Å². The molecule has 0 atom stereocenters. The highest BCUT2D eigenvalue weighted by molar-refractivity contribution is 7.90. The fraction of sp³-hybridized carbons (Fsp3) is 0.467. The van der Waals surface area contributed by atoms with Crippen molar-refractivity contribution < 1.29 is 8.42 Å². The maximum absolute atomic E-state index is 12.6. The molecule has 2 aromatic rings. The molecule has 0 aliphatic carbocycles. The average molecular weight is 326 g/mol. The van der Waals surface area contributed by atoms with Crippen molar-refractivity contribution in [3.63, 3.8) is 0 Å². The molecule has 0 fully saturated rings. The molecule has 0 aliphatic rings. The first-order valence-corrected chi connectivity index (χ1v) is 9.49. The monoisotopic (exact) mass is 326 g/mol. The first-order chi connectivity index (χ1) is 9.95. The van der Waals surface area contributed by atoms with Crippen molar-refractivity contribution in [1.82, 2.24) is 10.0 Å². The molecule has 116 valence electrons. The second kappa shape index (κ2) is 6.87. The van der Waals surface area contributed by atoms with Crippen LogP contribution in [0.5, 0.6) is 0 Å². The van der Waals surface area contributed by atoms with Gasteiger partial charge in [0.2, 0.25) is 10.0 Å². The van der Waals surface area contributed by atoms with Gasteiger partial charge in [0.25, 0.3) is 0 Å². The summed E-state index contributed by atoms with van der Waals surface area (Å²) in [6, 6.07) is 7.55. The van der Waals surface area contributed by atoms with Crippen LogP contribution in [0.15, 0.2) is 29.2 Å². The van der Waals surface area contributed by atoms with Crippen LogP contribution in [0.2, 0.25) is 0 Å². The summed E-state index contributed by atoms with van der Waals surface area (Å²) in [5, 5.41) is 4.11. The van der Waals surface area contributed by atoms with Crippen LogP contribution in [-0.2, 0) is 16.6 Å². The lowest BCUT2D eigenvalue weighted by Crippen LogP contribution is -2.31. The normalized spacial score (nSPS) is 12.4. The molecule has 0 unspecified atom stereocenters. The predicted molar refractivity (Wildman–Crippen MR) is 89.3 cm³/mol. The van der Waals surface area contributed by atoms with E-state index in [1.165, 1.54) is 0 Å². The highest BCUT2D eigenvalue weighted by Crippen LogP contribution is 2.34. The van der Waals surface area contributed by atoms with Gasteiger partial charge in [0.05, 0.1) is 0 Å². The second-order valence-electron chi connectivity index (χ2n) is 5.30. The van der Waals surface area contributed by atoms with E-state index in [0.717, 1.165) is 27.9 Å². The van der Waals surface area contributed by atoms with E-state index in [2.05, 4.69) is 17.0 Å². The van der Waals surface area contributed by atoms with Crippen molar-refractivity contribution in [2.45, 2.75) is 44.7 Å². The van der Waals surface area contributed by atoms with E-state index in [1.54, 1.807) is 11.3 Å². The van der Waals surface area contributed by atoms with Gasteiger partial charge in [0.15, 0.2) is 0 Å². The molecule has 2 N–H and O–H groups in total. The van der Waals surface area contributed by atoms with Crippen molar-refractivity contribution in [3.8, 4) is 0 Å². The molecule has 4 nitrogen and oxygen atoms in total. The Morgan fingerprint density at radius 1 is 1.24 bits per heavy atom. The van der Waals surface area contributed by atoms with E-state index in [1.807, 2.05) is 38.1 Å². The van der Waals surface area contributed by atoms with Crippen LogP contribution in [0.25, 0.3) is 10.1 Å². The van der Waals surface area contributed by atoms with Gasteiger partial charge in [0.1, 0.15) is 4.90 Å². The van der Waals surface area contributed by atoms with Gasteiger partial charge in [-0.2, -0.15) is 0 Å². The Kier molecular flexibility index (Phi) is 5.37. The first-order valence-electron chi connectivity index (χ1n) is 7.19. The third kappa shape index (κ3) is 3.83. The van der Waals surface area contributed by atoms with Gasteiger partial charge in [0, 0.05) is 27.5 Å². The number of hydrogen-bond acceptors (Lipinski definition) is 4. The van der Waals surface area contributed by atoms with Crippen LogP contribution < -0.4 is 10.0 Å². The minimum atomic E-state index is -3.49. The molecule has 0 saturated carbocycles. The van der Waals surface area contributed by atoms with Crippen molar-refractivity contribution in [3.05, 3.63) is 29.1 Å². The van der Waals surface area contributed by atoms with Crippen LogP contribution in [-0.4, -0.2) is 21.0 Å².